The minimum absolute atomic E-state index is 0.0329. The Hall–Kier alpha value is -1.46. The summed E-state index contributed by atoms with van der Waals surface area (Å²) in [5.41, 5.74) is 0.181. The van der Waals surface area contributed by atoms with Crippen LogP contribution in [0.1, 0.15) is 43.6 Å². The Kier molecular flexibility index (Phi) is 4.35. The standard InChI is InChI=1S/C16H22FNO3/c1-10-7-18(9-16(3,4)21-10)8-12-5-13(17)6-14(11(2)19)15(12)20/h5-6,10,20H,7-9H2,1-4H3. The van der Waals surface area contributed by atoms with Crippen LogP contribution in [-0.2, 0) is 11.3 Å². The number of nitrogens with zero attached hydrogens (tertiary/aromatic N) is 1. The molecule has 4 nitrogen and oxygen atoms in total. The lowest BCUT2D eigenvalue weighted by atomic mass is 10.0. The first-order chi connectivity index (χ1) is 9.68. The zero-order valence-electron chi connectivity index (χ0n) is 12.9. The van der Waals surface area contributed by atoms with E-state index in [0.717, 1.165) is 6.07 Å². The van der Waals surface area contributed by atoms with Gasteiger partial charge >= 0.3 is 0 Å². The first-order valence-corrected chi connectivity index (χ1v) is 7.10. The number of phenolic OH excluding ortho intramolecular Hbond substituents is 1. The molecule has 1 aromatic rings. The number of benzene rings is 1. The Bertz CT molecular complexity index is 557. The number of hydrogen-bond acceptors (Lipinski definition) is 4. The van der Waals surface area contributed by atoms with E-state index < -0.39 is 5.82 Å². The third-order valence-electron chi connectivity index (χ3n) is 3.57. The number of carbonyl (C=O) groups excluding carboxylic acids is 1. The number of aromatic hydroxyl groups is 1. The molecule has 0 spiro atoms. The quantitative estimate of drug-likeness (QED) is 0.871. The summed E-state index contributed by atoms with van der Waals surface area (Å²) in [7, 11) is 0. The van der Waals surface area contributed by atoms with Gasteiger partial charge in [0.1, 0.15) is 11.6 Å². The zero-order chi connectivity index (χ0) is 15.8. The van der Waals surface area contributed by atoms with Crippen LogP contribution in [0.25, 0.3) is 0 Å². The first-order valence-electron chi connectivity index (χ1n) is 7.10. The maximum atomic E-state index is 13.6. The summed E-state index contributed by atoms with van der Waals surface area (Å²) in [5.74, 6) is -0.974. The highest BCUT2D eigenvalue weighted by Gasteiger charge is 2.31. The van der Waals surface area contributed by atoms with Gasteiger partial charge in [0.25, 0.3) is 0 Å². The van der Waals surface area contributed by atoms with Crippen LogP contribution >= 0.6 is 0 Å². The van der Waals surface area contributed by atoms with Crippen LogP contribution in [0.4, 0.5) is 4.39 Å². The fraction of sp³-hybridized carbons (Fsp3) is 0.562. The predicted octanol–water partition coefficient (Wildman–Crippen LogP) is 2.73. The van der Waals surface area contributed by atoms with Crippen molar-refractivity contribution in [3.63, 3.8) is 0 Å². The van der Waals surface area contributed by atoms with Crippen molar-refractivity contribution in [2.45, 2.75) is 45.9 Å². The van der Waals surface area contributed by atoms with E-state index in [4.69, 9.17) is 4.74 Å². The average Bonchev–Trinajstić information content (AvgIpc) is 2.30. The second kappa shape index (κ2) is 5.73. The smallest absolute Gasteiger partial charge is 0.163 e. The maximum Gasteiger partial charge on any atom is 0.163 e. The van der Waals surface area contributed by atoms with Crippen LogP contribution in [0, 0.1) is 5.82 Å². The molecule has 0 bridgehead atoms. The molecule has 21 heavy (non-hydrogen) atoms. The Morgan fingerprint density at radius 3 is 2.76 bits per heavy atom. The summed E-state index contributed by atoms with van der Waals surface area (Å²) in [6, 6.07) is 2.36. The molecule has 1 N–H and O–H groups in total. The van der Waals surface area contributed by atoms with Gasteiger partial charge in [-0.3, -0.25) is 9.69 Å². The molecule has 1 fully saturated rings. The summed E-state index contributed by atoms with van der Waals surface area (Å²) >= 11 is 0. The molecule has 1 aromatic carbocycles. The Balaban J connectivity index is 2.25. The highest BCUT2D eigenvalue weighted by molar-refractivity contribution is 5.97. The number of morpholine rings is 1. The molecule has 1 heterocycles. The summed E-state index contributed by atoms with van der Waals surface area (Å²) in [6.07, 6.45) is 0.0664. The fourth-order valence-corrected chi connectivity index (χ4v) is 2.99. The summed E-state index contributed by atoms with van der Waals surface area (Å²) in [6.45, 7) is 9.08. The van der Waals surface area contributed by atoms with Crippen molar-refractivity contribution in [1.82, 2.24) is 4.90 Å². The minimum atomic E-state index is -0.506. The first kappa shape index (κ1) is 15.9. The molecule has 1 aliphatic rings. The van der Waals surface area contributed by atoms with E-state index in [1.54, 1.807) is 0 Å². The van der Waals surface area contributed by atoms with Crippen LogP contribution in [0.15, 0.2) is 12.1 Å². The van der Waals surface area contributed by atoms with Crippen LogP contribution in [0.3, 0.4) is 0 Å². The van der Waals surface area contributed by atoms with Gasteiger partial charge in [-0.25, -0.2) is 4.39 Å². The number of rotatable bonds is 3. The lowest BCUT2D eigenvalue weighted by Crippen LogP contribution is -2.51. The van der Waals surface area contributed by atoms with Crippen molar-refractivity contribution in [2.75, 3.05) is 13.1 Å². The van der Waals surface area contributed by atoms with Gasteiger partial charge in [0.2, 0.25) is 0 Å². The highest BCUT2D eigenvalue weighted by Crippen LogP contribution is 2.28. The van der Waals surface area contributed by atoms with Crippen molar-refractivity contribution in [3.8, 4) is 5.75 Å². The molecule has 5 heteroatoms. The number of phenols is 1. The predicted molar refractivity (Wildman–Crippen MR) is 78.0 cm³/mol. The van der Waals surface area contributed by atoms with E-state index in [-0.39, 0.29) is 28.8 Å². The average molecular weight is 295 g/mol. The van der Waals surface area contributed by atoms with E-state index in [1.165, 1.54) is 13.0 Å². The second-order valence-corrected chi connectivity index (χ2v) is 6.38. The SMILES string of the molecule is CC(=O)c1cc(F)cc(CN2CC(C)OC(C)(C)C2)c1O. The summed E-state index contributed by atoms with van der Waals surface area (Å²) < 4.78 is 19.5. The molecular weight excluding hydrogens is 273 g/mol. The fourth-order valence-electron chi connectivity index (χ4n) is 2.99. The molecule has 0 saturated carbocycles. The van der Waals surface area contributed by atoms with Gasteiger partial charge in [0.15, 0.2) is 5.78 Å². The number of Topliss-reactive ketones (excluding diaryl/α,β-unsaturated/α-hetero) is 1. The Morgan fingerprint density at radius 2 is 2.19 bits per heavy atom. The largest absolute Gasteiger partial charge is 0.507 e. The van der Waals surface area contributed by atoms with Crippen molar-refractivity contribution in [1.29, 1.82) is 0 Å². The van der Waals surface area contributed by atoms with Crippen LogP contribution in [0.2, 0.25) is 0 Å². The number of ether oxygens (including phenoxy) is 1. The van der Waals surface area contributed by atoms with E-state index in [2.05, 4.69) is 4.90 Å². The highest BCUT2D eigenvalue weighted by atomic mass is 19.1. The molecule has 2 rings (SSSR count). The molecular formula is C16H22FNO3. The Labute approximate surface area is 124 Å². The van der Waals surface area contributed by atoms with Crippen LogP contribution in [0.5, 0.6) is 5.75 Å². The topological polar surface area (TPSA) is 49.8 Å². The van der Waals surface area contributed by atoms with Crippen molar-refractivity contribution in [3.05, 3.63) is 29.1 Å². The molecule has 1 saturated heterocycles. The van der Waals surface area contributed by atoms with E-state index in [0.29, 0.717) is 25.2 Å². The normalized spacial score (nSPS) is 22.2. The van der Waals surface area contributed by atoms with Gasteiger partial charge in [0, 0.05) is 25.2 Å². The minimum Gasteiger partial charge on any atom is -0.507 e. The molecule has 116 valence electrons. The van der Waals surface area contributed by atoms with Crippen molar-refractivity contribution in [2.24, 2.45) is 0 Å². The van der Waals surface area contributed by atoms with E-state index in [9.17, 15) is 14.3 Å². The molecule has 1 aliphatic heterocycles. The third-order valence-corrected chi connectivity index (χ3v) is 3.57. The van der Waals surface area contributed by atoms with Gasteiger partial charge in [-0.05, 0) is 39.8 Å². The van der Waals surface area contributed by atoms with Gasteiger partial charge in [-0.1, -0.05) is 0 Å². The lowest BCUT2D eigenvalue weighted by molar-refractivity contribution is -0.130. The second-order valence-electron chi connectivity index (χ2n) is 6.38. The van der Waals surface area contributed by atoms with Crippen molar-refractivity contribution >= 4 is 5.78 Å². The van der Waals surface area contributed by atoms with Crippen molar-refractivity contribution < 1.29 is 19.0 Å². The molecule has 0 amide bonds. The molecule has 0 radical (unpaired) electrons. The lowest BCUT2D eigenvalue weighted by Gasteiger charge is -2.41. The van der Waals surface area contributed by atoms with Gasteiger partial charge in [-0.15, -0.1) is 0 Å². The number of carbonyl (C=O) groups is 1. The monoisotopic (exact) mass is 295 g/mol. The Morgan fingerprint density at radius 1 is 1.52 bits per heavy atom. The van der Waals surface area contributed by atoms with E-state index >= 15 is 0 Å². The molecule has 0 aromatic heterocycles. The van der Waals surface area contributed by atoms with E-state index in [1.807, 2.05) is 20.8 Å². The summed E-state index contributed by atoms with van der Waals surface area (Å²) in [4.78, 5) is 13.6. The number of hydrogen-bond donors (Lipinski definition) is 1. The summed E-state index contributed by atoms with van der Waals surface area (Å²) in [5, 5.41) is 10.2. The molecule has 1 atom stereocenters. The van der Waals surface area contributed by atoms with Gasteiger partial charge in [0.05, 0.1) is 17.3 Å². The molecule has 0 aliphatic carbocycles. The van der Waals surface area contributed by atoms with Crippen LogP contribution < -0.4 is 0 Å². The number of ketones is 1. The van der Waals surface area contributed by atoms with Gasteiger partial charge in [-0.2, -0.15) is 0 Å². The van der Waals surface area contributed by atoms with Gasteiger partial charge < -0.3 is 9.84 Å². The molecule has 1 unspecified atom stereocenters. The van der Waals surface area contributed by atoms with Crippen LogP contribution in [-0.4, -0.2) is 40.6 Å². The third kappa shape index (κ3) is 3.80. The maximum absolute atomic E-state index is 13.6. The zero-order valence-corrected chi connectivity index (χ0v) is 12.9. The number of halogens is 1.